The van der Waals surface area contributed by atoms with Crippen LogP contribution in [-0.4, -0.2) is 102 Å². The Morgan fingerprint density at radius 2 is 2.04 bits per heavy atom. The van der Waals surface area contributed by atoms with E-state index in [-0.39, 0.29) is 24.0 Å². The Bertz CT molecular complexity index is 381. The summed E-state index contributed by atoms with van der Waals surface area (Å²) in [6.45, 7) is 13.1. The van der Waals surface area contributed by atoms with E-state index in [4.69, 9.17) is 19.2 Å². The lowest BCUT2D eigenvalue weighted by atomic mass is 10.1. The molecule has 1 N–H and O–H groups in total. The predicted octanol–water partition coefficient (Wildman–Crippen LogP) is 1.28. The molecule has 0 bridgehead atoms. The minimum absolute atomic E-state index is 0. The third-order valence-corrected chi connectivity index (χ3v) is 4.70. The highest BCUT2D eigenvalue weighted by Gasteiger charge is 2.24. The molecule has 7 nitrogen and oxygen atoms in total. The molecule has 1 atom stereocenters. The van der Waals surface area contributed by atoms with Crippen molar-refractivity contribution in [1.82, 2.24) is 15.1 Å². The standard InChI is InChI=1S/C18H36N4O3.HI/c1-3-19-18(20-6-4-7-21-9-11-24-12-10-21)22-8-5-17(15-22)16-25-14-13-23-2;/h17H,3-16H2,1-2H3,(H,19,20);1H. The summed E-state index contributed by atoms with van der Waals surface area (Å²) in [6, 6.07) is 0. The molecular weight excluding hydrogens is 447 g/mol. The molecule has 2 saturated heterocycles. The summed E-state index contributed by atoms with van der Waals surface area (Å²) in [6.07, 6.45) is 2.28. The quantitative estimate of drug-likeness (QED) is 0.218. The summed E-state index contributed by atoms with van der Waals surface area (Å²) in [5.41, 5.74) is 0. The van der Waals surface area contributed by atoms with Crippen LogP contribution in [0.1, 0.15) is 19.8 Å². The average molecular weight is 484 g/mol. The van der Waals surface area contributed by atoms with Gasteiger partial charge in [0.05, 0.1) is 33.0 Å². The smallest absolute Gasteiger partial charge is 0.193 e. The monoisotopic (exact) mass is 484 g/mol. The molecule has 0 aromatic carbocycles. The molecule has 2 fully saturated rings. The van der Waals surface area contributed by atoms with Gasteiger partial charge in [-0.3, -0.25) is 9.89 Å². The van der Waals surface area contributed by atoms with Gasteiger partial charge in [-0.25, -0.2) is 0 Å². The molecule has 8 heteroatoms. The first-order valence-corrected chi connectivity index (χ1v) is 9.73. The number of ether oxygens (including phenoxy) is 3. The first-order chi connectivity index (χ1) is 12.3. The Kier molecular flexibility index (Phi) is 13.6. The number of hydrogen-bond acceptors (Lipinski definition) is 5. The Morgan fingerprint density at radius 3 is 2.77 bits per heavy atom. The Hall–Kier alpha value is -0.160. The van der Waals surface area contributed by atoms with Crippen LogP contribution in [0, 0.1) is 5.92 Å². The molecule has 2 aliphatic rings. The van der Waals surface area contributed by atoms with Crippen molar-refractivity contribution < 1.29 is 14.2 Å². The van der Waals surface area contributed by atoms with Crippen molar-refractivity contribution in [3.05, 3.63) is 0 Å². The summed E-state index contributed by atoms with van der Waals surface area (Å²) in [4.78, 5) is 9.68. The van der Waals surface area contributed by atoms with E-state index in [1.54, 1.807) is 7.11 Å². The third-order valence-electron chi connectivity index (χ3n) is 4.70. The molecule has 0 amide bonds. The van der Waals surface area contributed by atoms with Gasteiger partial charge in [0, 0.05) is 58.8 Å². The molecule has 2 rings (SSSR count). The number of halogens is 1. The minimum atomic E-state index is 0. The fourth-order valence-electron chi connectivity index (χ4n) is 3.28. The number of hydrogen-bond donors (Lipinski definition) is 1. The van der Waals surface area contributed by atoms with Gasteiger partial charge in [-0.05, 0) is 19.8 Å². The maximum Gasteiger partial charge on any atom is 0.193 e. The molecule has 0 aromatic heterocycles. The van der Waals surface area contributed by atoms with Crippen LogP contribution in [-0.2, 0) is 14.2 Å². The summed E-state index contributed by atoms with van der Waals surface area (Å²) >= 11 is 0. The van der Waals surface area contributed by atoms with Crippen LogP contribution < -0.4 is 5.32 Å². The largest absolute Gasteiger partial charge is 0.382 e. The topological polar surface area (TPSA) is 58.6 Å². The fourth-order valence-corrected chi connectivity index (χ4v) is 3.28. The molecule has 2 heterocycles. The second kappa shape index (κ2) is 14.8. The molecule has 26 heavy (non-hydrogen) atoms. The molecule has 1 unspecified atom stereocenters. The lowest BCUT2D eigenvalue weighted by molar-refractivity contribution is 0.0377. The lowest BCUT2D eigenvalue weighted by Crippen LogP contribution is -2.40. The highest BCUT2D eigenvalue weighted by Crippen LogP contribution is 2.16. The maximum absolute atomic E-state index is 5.68. The van der Waals surface area contributed by atoms with Gasteiger partial charge >= 0.3 is 0 Å². The van der Waals surface area contributed by atoms with Crippen molar-refractivity contribution in [1.29, 1.82) is 0 Å². The highest BCUT2D eigenvalue weighted by atomic mass is 127. The van der Waals surface area contributed by atoms with Gasteiger partial charge in [-0.15, -0.1) is 24.0 Å². The van der Waals surface area contributed by atoms with Crippen molar-refractivity contribution >= 4 is 29.9 Å². The first-order valence-electron chi connectivity index (χ1n) is 9.73. The van der Waals surface area contributed by atoms with Crippen molar-refractivity contribution in [3.63, 3.8) is 0 Å². The van der Waals surface area contributed by atoms with Crippen LogP contribution in [0.5, 0.6) is 0 Å². The zero-order valence-electron chi connectivity index (χ0n) is 16.5. The van der Waals surface area contributed by atoms with Gasteiger partial charge in [0.1, 0.15) is 0 Å². The summed E-state index contributed by atoms with van der Waals surface area (Å²) in [5.74, 6) is 1.65. The Balaban J connectivity index is 0.00000338. The predicted molar refractivity (Wildman–Crippen MR) is 116 cm³/mol. The molecule has 0 aliphatic carbocycles. The van der Waals surface area contributed by atoms with Gasteiger partial charge in [0.2, 0.25) is 0 Å². The molecule has 0 radical (unpaired) electrons. The number of rotatable bonds is 10. The van der Waals surface area contributed by atoms with E-state index in [2.05, 4.69) is 22.0 Å². The second-order valence-electron chi connectivity index (χ2n) is 6.71. The summed E-state index contributed by atoms with van der Waals surface area (Å²) in [7, 11) is 1.71. The van der Waals surface area contributed by atoms with Gasteiger partial charge in [-0.1, -0.05) is 0 Å². The molecule has 2 aliphatic heterocycles. The first kappa shape index (κ1) is 23.9. The Labute approximate surface area is 175 Å². The van der Waals surface area contributed by atoms with E-state index in [1.807, 2.05) is 0 Å². The van der Waals surface area contributed by atoms with Crippen LogP contribution in [0.4, 0.5) is 0 Å². The molecular formula is C18H37IN4O3. The van der Waals surface area contributed by atoms with Crippen molar-refractivity contribution in [3.8, 4) is 0 Å². The molecule has 0 saturated carbocycles. The normalized spacial score (nSPS) is 21.7. The molecule has 0 spiro atoms. The van der Waals surface area contributed by atoms with Crippen LogP contribution >= 0.6 is 24.0 Å². The van der Waals surface area contributed by atoms with Gasteiger partial charge in [-0.2, -0.15) is 0 Å². The number of aliphatic imine (C=N–C) groups is 1. The van der Waals surface area contributed by atoms with Gasteiger partial charge < -0.3 is 24.4 Å². The van der Waals surface area contributed by atoms with E-state index in [0.717, 1.165) is 78.0 Å². The van der Waals surface area contributed by atoms with Crippen molar-refractivity contribution in [2.45, 2.75) is 19.8 Å². The molecule has 0 aromatic rings. The van der Waals surface area contributed by atoms with E-state index >= 15 is 0 Å². The van der Waals surface area contributed by atoms with Crippen molar-refractivity contribution in [2.75, 3.05) is 86.0 Å². The van der Waals surface area contributed by atoms with Crippen LogP contribution in [0.15, 0.2) is 4.99 Å². The number of likely N-dealkylation sites (tertiary alicyclic amines) is 1. The van der Waals surface area contributed by atoms with E-state index in [0.29, 0.717) is 19.1 Å². The lowest BCUT2D eigenvalue weighted by Gasteiger charge is -2.26. The second-order valence-corrected chi connectivity index (χ2v) is 6.71. The number of guanidine groups is 1. The van der Waals surface area contributed by atoms with Crippen LogP contribution in [0.3, 0.4) is 0 Å². The van der Waals surface area contributed by atoms with Crippen LogP contribution in [0.2, 0.25) is 0 Å². The average Bonchev–Trinajstić information content (AvgIpc) is 3.11. The van der Waals surface area contributed by atoms with Crippen LogP contribution in [0.25, 0.3) is 0 Å². The zero-order chi connectivity index (χ0) is 17.7. The highest BCUT2D eigenvalue weighted by molar-refractivity contribution is 14.0. The zero-order valence-corrected chi connectivity index (χ0v) is 18.8. The number of morpholine rings is 1. The third kappa shape index (κ3) is 9.16. The molecule has 154 valence electrons. The van der Waals surface area contributed by atoms with Gasteiger partial charge in [0.15, 0.2) is 5.96 Å². The minimum Gasteiger partial charge on any atom is -0.382 e. The number of nitrogens with zero attached hydrogens (tertiary/aromatic N) is 3. The van der Waals surface area contributed by atoms with E-state index in [9.17, 15) is 0 Å². The SMILES string of the molecule is CCNC(=NCCCN1CCOCC1)N1CCC(COCCOC)C1.I. The summed E-state index contributed by atoms with van der Waals surface area (Å²) in [5, 5.41) is 3.44. The maximum atomic E-state index is 5.68. The van der Waals surface area contributed by atoms with E-state index < -0.39 is 0 Å². The van der Waals surface area contributed by atoms with E-state index in [1.165, 1.54) is 6.42 Å². The Morgan fingerprint density at radius 1 is 1.23 bits per heavy atom. The number of methoxy groups -OCH3 is 1. The van der Waals surface area contributed by atoms with Gasteiger partial charge in [0.25, 0.3) is 0 Å². The fraction of sp³-hybridized carbons (Fsp3) is 0.944. The summed E-state index contributed by atoms with van der Waals surface area (Å²) < 4.78 is 16.1. The number of nitrogens with one attached hydrogen (secondary N) is 1. The van der Waals surface area contributed by atoms with Crippen molar-refractivity contribution in [2.24, 2.45) is 10.9 Å².